The minimum Gasteiger partial charge on any atom is -0.478 e. The first kappa shape index (κ1) is 32.9. The largest absolute Gasteiger partial charge is 0.478 e. The van der Waals surface area contributed by atoms with E-state index in [1.165, 1.54) is 12.1 Å². The highest BCUT2D eigenvalue weighted by atomic mass is 16.5. The summed E-state index contributed by atoms with van der Waals surface area (Å²) in [5, 5.41) is 23.4. The van der Waals surface area contributed by atoms with Gasteiger partial charge in [-0.2, -0.15) is 0 Å². The number of hydrogen-bond acceptors (Lipinski definition) is 7. The van der Waals surface area contributed by atoms with Crippen LogP contribution in [0.4, 0.5) is 0 Å². The highest BCUT2D eigenvalue weighted by Crippen LogP contribution is 2.37. The number of carbonyl (C=O) groups excluding carboxylic acids is 2. The van der Waals surface area contributed by atoms with E-state index in [0.717, 1.165) is 44.1 Å². The number of aromatic carboxylic acids is 1. The number of nitrogens with zero attached hydrogens (tertiary/aromatic N) is 2. The molecule has 2 atom stereocenters. The monoisotopic (exact) mass is 621 g/mol. The Morgan fingerprint density at radius 3 is 2.18 bits per heavy atom. The van der Waals surface area contributed by atoms with Crippen LogP contribution in [0.15, 0.2) is 48.5 Å². The molecule has 3 N–H and O–H groups in total. The van der Waals surface area contributed by atoms with Gasteiger partial charge in [0.1, 0.15) is 23.1 Å². The second-order valence-corrected chi connectivity index (χ2v) is 12.7. The van der Waals surface area contributed by atoms with Gasteiger partial charge in [-0.25, -0.2) is 4.79 Å². The van der Waals surface area contributed by atoms with E-state index < -0.39 is 23.7 Å². The Bertz CT molecular complexity index is 1300. The summed E-state index contributed by atoms with van der Waals surface area (Å²) in [6, 6.07) is 13.2. The van der Waals surface area contributed by atoms with Crippen LogP contribution in [-0.2, 0) is 20.9 Å². The van der Waals surface area contributed by atoms with Crippen LogP contribution in [0, 0.1) is 5.92 Å². The quantitative estimate of drug-likeness (QED) is 0.314. The minimum atomic E-state index is -0.978. The first-order valence-corrected chi connectivity index (χ1v) is 16.5. The molecular weight excluding hydrogens is 574 g/mol. The molecule has 2 amide bonds. The van der Waals surface area contributed by atoms with E-state index >= 15 is 0 Å². The lowest BCUT2D eigenvalue weighted by atomic mass is 9.77. The number of rotatable bonds is 12. The van der Waals surface area contributed by atoms with Gasteiger partial charge in [0.05, 0.1) is 17.8 Å². The number of amides is 2. The molecule has 10 nitrogen and oxygen atoms in total. The number of hydrogen-bond donors (Lipinski definition) is 3. The van der Waals surface area contributed by atoms with Crippen molar-refractivity contribution in [2.45, 2.75) is 95.5 Å². The predicted molar refractivity (Wildman–Crippen MR) is 169 cm³/mol. The SMILES string of the molecule is CCCCN1C(=O)[C@@H]([C@H](O)C2CCC(OCC)CC2)NC(=O)C12CCN(Cc1ccc(Oc3ccc(C(=O)O)cc3)cc1)CC2. The van der Waals surface area contributed by atoms with Gasteiger partial charge in [0.2, 0.25) is 11.8 Å². The molecule has 2 saturated heterocycles. The Balaban J connectivity index is 1.18. The fraction of sp³-hybridized carbons (Fsp3) is 0.571. The molecule has 2 aliphatic heterocycles. The normalized spacial score (nSPS) is 24.3. The van der Waals surface area contributed by atoms with Crippen molar-refractivity contribution in [2.24, 2.45) is 5.92 Å². The topological polar surface area (TPSA) is 129 Å². The number of carbonyl (C=O) groups is 3. The Kier molecular flexibility index (Phi) is 10.8. The second-order valence-electron chi connectivity index (χ2n) is 12.7. The van der Waals surface area contributed by atoms with Crippen molar-refractivity contribution in [2.75, 3.05) is 26.2 Å². The fourth-order valence-corrected chi connectivity index (χ4v) is 7.12. The molecule has 0 radical (unpaired) electrons. The smallest absolute Gasteiger partial charge is 0.335 e. The number of piperazine rings is 1. The molecule has 0 bridgehead atoms. The standard InChI is InChI=1S/C35H47N3O7/c1-3-5-20-38-32(40)30(31(39)25-8-14-27(15-9-25)44-4-2)36-34(43)35(38)18-21-37(22-19-35)23-24-6-12-28(13-7-24)45-29-16-10-26(11-17-29)33(41)42/h6-7,10-13,16-17,25,27,30-31,39H,3-5,8-9,14-15,18-23H2,1-2H3,(H,36,43)(H,41,42)/t25?,27?,30-,31-/m1/s1. The van der Waals surface area contributed by atoms with Crippen LogP contribution in [0.5, 0.6) is 11.5 Å². The van der Waals surface area contributed by atoms with Crippen LogP contribution in [0.25, 0.3) is 0 Å². The van der Waals surface area contributed by atoms with E-state index in [1.54, 1.807) is 12.1 Å². The number of carboxylic acid groups (broad SMARTS) is 1. The third kappa shape index (κ3) is 7.51. The summed E-state index contributed by atoms with van der Waals surface area (Å²) in [6.07, 6.45) is 5.42. The summed E-state index contributed by atoms with van der Waals surface area (Å²) in [5.74, 6) is -0.0810. The molecule has 244 valence electrons. The van der Waals surface area contributed by atoms with E-state index in [4.69, 9.17) is 14.6 Å². The van der Waals surface area contributed by atoms with Gasteiger partial charge in [0.15, 0.2) is 0 Å². The Morgan fingerprint density at radius 1 is 0.978 bits per heavy atom. The van der Waals surface area contributed by atoms with Gasteiger partial charge in [-0.3, -0.25) is 14.5 Å². The Hall–Kier alpha value is -3.47. The summed E-state index contributed by atoms with van der Waals surface area (Å²) in [7, 11) is 0. The Labute approximate surface area is 265 Å². The molecule has 0 unspecified atom stereocenters. The Morgan fingerprint density at radius 2 is 1.60 bits per heavy atom. The van der Waals surface area contributed by atoms with Crippen LogP contribution < -0.4 is 10.1 Å². The van der Waals surface area contributed by atoms with Crippen LogP contribution in [0.2, 0.25) is 0 Å². The molecule has 45 heavy (non-hydrogen) atoms. The number of nitrogens with one attached hydrogen (secondary N) is 1. The summed E-state index contributed by atoms with van der Waals surface area (Å²) in [4.78, 5) is 43.0. The zero-order chi connectivity index (χ0) is 32.0. The molecule has 0 aromatic heterocycles. The molecular formula is C35H47N3O7. The predicted octanol–water partition coefficient (Wildman–Crippen LogP) is 4.60. The number of ether oxygens (including phenoxy) is 2. The number of piperidine rings is 1. The number of aliphatic hydroxyl groups is 1. The summed E-state index contributed by atoms with van der Waals surface area (Å²) >= 11 is 0. The van der Waals surface area contributed by atoms with Gasteiger partial charge in [0.25, 0.3) is 0 Å². The molecule has 1 spiro atoms. The number of unbranched alkanes of at least 4 members (excludes halogenated alkanes) is 1. The van der Waals surface area contributed by atoms with E-state index in [2.05, 4.69) is 17.1 Å². The number of benzene rings is 2. The third-order valence-corrected chi connectivity index (χ3v) is 9.79. The molecule has 5 rings (SSSR count). The van der Waals surface area contributed by atoms with Crippen molar-refractivity contribution in [1.29, 1.82) is 0 Å². The number of likely N-dealkylation sites (tertiary alicyclic amines) is 1. The lowest BCUT2D eigenvalue weighted by Gasteiger charge is -2.52. The van der Waals surface area contributed by atoms with Crippen molar-refractivity contribution >= 4 is 17.8 Å². The van der Waals surface area contributed by atoms with Crippen LogP contribution in [-0.4, -0.2) is 87.8 Å². The average molecular weight is 622 g/mol. The maximum atomic E-state index is 14.0. The lowest BCUT2D eigenvalue weighted by molar-refractivity contribution is -0.166. The molecule has 2 heterocycles. The van der Waals surface area contributed by atoms with E-state index in [9.17, 15) is 19.5 Å². The number of carboxylic acids is 1. The van der Waals surface area contributed by atoms with E-state index in [-0.39, 0.29) is 29.4 Å². The minimum absolute atomic E-state index is 0.0332. The van der Waals surface area contributed by atoms with Crippen molar-refractivity contribution in [1.82, 2.24) is 15.1 Å². The average Bonchev–Trinajstić information content (AvgIpc) is 3.05. The molecule has 1 aliphatic carbocycles. The van der Waals surface area contributed by atoms with Gasteiger partial charge in [0, 0.05) is 32.8 Å². The van der Waals surface area contributed by atoms with Gasteiger partial charge >= 0.3 is 5.97 Å². The fourth-order valence-electron chi connectivity index (χ4n) is 7.12. The zero-order valence-corrected chi connectivity index (χ0v) is 26.5. The van der Waals surface area contributed by atoms with Crippen LogP contribution in [0.1, 0.15) is 81.1 Å². The van der Waals surface area contributed by atoms with Gasteiger partial charge < -0.3 is 29.9 Å². The third-order valence-electron chi connectivity index (χ3n) is 9.79. The van der Waals surface area contributed by atoms with E-state index in [1.807, 2.05) is 36.1 Å². The van der Waals surface area contributed by atoms with Gasteiger partial charge in [-0.1, -0.05) is 25.5 Å². The summed E-state index contributed by atoms with van der Waals surface area (Å²) in [5.41, 5.74) is 0.422. The van der Waals surface area contributed by atoms with Crippen molar-refractivity contribution < 1.29 is 34.1 Å². The molecule has 2 aromatic rings. The van der Waals surface area contributed by atoms with Crippen molar-refractivity contribution in [3.63, 3.8) is 0 Å². The summed E-state index contributed by atoms with van der Waals surface area (Å²) in [6.45, 7) is 7.32. The maximum absolute atomic E-state index is 14.0. The van der Waals surface area contributed by atoms with Gasteiger partial charge in [-0.05, 0) is 99.7 Å². The molecule has 10 heteroatoms. The van der Waals surface area contributed by atoms with Crippen molar-refractivity contribution in [3.8, 4) is 11.5 Å². The summed E-state index contributed by atoms with van der Waals surface area (Å²) < 4.78 is 11.6. The van der Waals surface area contributed by atoms with Crippen LogP contribution in [0.3, 0.4) is 0 Å². The first-order chi connectivity index (χ1) is 21.7. The highest BCUT2D eigenvalue weighted by molar-refractivity contribution is 6.00. The van der Waals surface area contributed by atoms with Crippen LogP contribution >= 0.6 is 0 Å². The van der Waals surface area contributed by atoms with Crippen molar-refractivity contribution in [3.05, 3.63) is 59.7 Å². The van der Waals surface area contributed by atoms with E-state index in [0.29, 0.717) is 57.1 Å². The molecule has 1 saturated carbocycles. The first-order valence-electron chi connectivity index (χ1n) is 16.5. The number of aliphatic hydroxyl groups excluding tert-OH is 1. The lowest BCUT2D eigenvalue weighted by Crippen LogP contribution is -2.75. The molecule has 3 fully saturated rings. The zero-order valence-electron chi connectivity index (χ0n) is 26.5. The maximum Gasteiger partial charge on any atom is 0.335 e. The highest BCUT2D eigenvalue weighted by Gasteiger charge is 2.55. The second kappa shape index (κ2) is 14.7. The van der Waals surface area contributed by atoms with Gasteiger partial charge in [-0.15, -0.1) is 0 Å². The molecule has 3 aliphatic rings. The molecule has 2 aromatic carbocycles.